The zero-order chi connectivity index (χ0) is 9.56. The average molecular weight is 188 g/mol. The summed E-state index contributed by atoms with van der Waals surface area (Å²) in [6.07, 6.45) is 0.644. The Morgan fingerprint density at radius 1 is 1.67 bits per heavy atom. The first-order valence-corrected chi connectivity index (χ1v) is 3.83. The lowest BCUT2D eigenvalue weighted by atomic mass is 10.2. The third-order valence-corrected chi connectivity index (χ3v) is 1.29. The number of thiocarbonyl (C=S) groups is 1. The van der Waals surface area contributed by atoms with Crippen molar-refractivity contribution in [2.24, 2.45) is 16.0 Å². The molecule has 0 amide bonds. The summed E-state index contributed by atoms with van der Waals surface area (Å²) in [7, 11) is 0. The Morgan fingerprint density at radius 3 is 2.58 bits per heavy atom. The quantitative estimate of drug-likeness (QED) is 0.260. The van der Waals surface area contributed by atoms with Crippen molar-refractivity contribution >= 4 is 28.8 Å². The van der Waals surface area contributed by atoms with E-state index in [9.17, 15) is 0 Å². The lowest BCUT2D eigenvalue weighted by Gasteiger charge is -2.01. The highest BCUT2D eigenvalue weighted by Gasteiger charge is 2.00. The van der Waals surface area contributed by atoms with Gasteiger partial charge in [0, 0.05) is 0 Å². The Hall–Kier alpha value is -1.17. The van der Waals surface area contributed by atoms with Gasteiger partial charge in [-0.15, -0.1) is 0 Å². The van der Waals surface area contributed by atoms with Crippen LogP contribution in [0.2, 0.25) is 0 Å². The van der Waals surface area contributed by atoms with Crippen LogP contribution in [0.4, 0.5) is 0 Å². The summed E-state index contributed by atoms with van der Waals surface area (Å²) in [5.41, 5.74) is 8.63. The SMILES string of the molecule is CCC(=N\NC(N)=S)/C(C)=N\O. The fourth-order valence-corrected chi connectivity index (χ4v) is 0.642. The second kappa shape index (κ2) is 5.48. The summed E-state index contributed by atoms with van der Waals surface area (Å²) in [4.78, 5) is 0. The predicted molar refractivity (Wildman–Crippen MR) is 52.5 cm³/mol. The van der Waals surface area contributed by atoms with Crippen molar-refractivity contribution in [1.82, 2.24) is 5.43 Å². The molecule has 0 spiro atoms. The molecule has 0 aromatic rings. The van der Waals surface area contributed by atoms with E-state index in [2.05, 4.69) is 27.9 Å². The number of nitrogens with zero attached hydrogens (tertiary/aromatic N) is 2. The first-order chi connectivity index (χ1) is 5.61. The van der Waals surface area contributed by atoms with Gasteiger partial charge in [0.2, 0.25) is 0 Å². The van der Waals surface area contributed by atoms with E-state index >= 15 is 0 Å². The van der Waals surface area contributed by atoms with Gasteiger partial charge in [-0.2, -0.15) is 5.10 Å². The molecule has 12 heavy (non-hydrogen) atoms. The van der Waals surface area contributed by atoms with E-state index in [1.165, 1.54) is 0 Å². The zero-order valence-electron chi connectivity index (χ0n) is 7.03. The minimum atomic E-state index is 0.0895. The predicted octanol–water partition coefficient (Wildman–Crippen LogP) is 0.436. The number of hydrogen-bond donors (Lipinski definition) is 3. The molecular weight excluding hydrogens is 176 g/mol. The molecule has 0 rings (SSSR count). The van der Waals surface area contributed by atoms with Crippen LogP contribution in [0.3, 0.4) is 0 Å². The minimum absolute atomic E-state index is 0.0895. The molecule has 0 aliphatic rings. The van der Waals surface area contributed by atoms with Crippen molar-refractivity contribution in [1.29, 1.82) is 0 Å². The first-order valence-electron chi connectivity index (χ1n) is 3.42. The molecule has 5 nitrogen and oxygen atoms in total. The van der Waals surface area contributed by atoms with Gasteiger partial charge in [0.15, 0.2) is 5.11 Å². The summed E-state index contributed by atoms with van der Waals surface area (Å²) >= 11 is 4.54. The fraction of sp³-hybridized carbons (Fsp3) is 0.500. The summed E-state index contributed by atoms with van der Waals surface area (Å²) < 4.78 is 0. The Bertz CT molecular complexity index is 224. The number of nitrogens with two attached hydrogens (primary N) is 1. The standard InChI is InChI=1S/C6H12N4OS/c1-3-5(4(2)10-11)8-9-6(7)12/h11H,3H2,1-2H3,(H3,7,9,12)/b8-5+,10-4-. The molecule has 0 fully saturated rings. The maximum absolute atomic E-state index is 8.42. The summed E-state index contributed by atoms with van der Waals surface area (Å²) in [6, 6.07) is 0. The topological polar surface area (TPSA) is 83.0 Å². The van der Waals surface area contributed by atoms with Crippen molar-refractivity contribution < 1.29 is 5.21 Å². The van der Waals surface area contributed by atoms with Gasteiger partial charge < -0.3 is 10.9 Å². The van der Waals surface area contributed by atoms with E-state index in [0.29, 0.717) is 17.8 Å². The van der Waals surface area contributed by atoms with Gasteiger partial charge in [0.05, 0.1) is 11.4 Å². The maximum Gasteiger partial charge on any atom is 0.184 e. The fourth-order valence-electron chi connectivity index (χ4n) is 0.596. The lowest BCUT2D eigenvalue weighted by Crippen LogP contribution is -2.26. The molecule has 0 aliphatic carbocycles. The largest absolute Gasteiger partial charge is 0.411 e. The average Bonchev–Trinajstić information content (AvgIpc) is 2.04. The summed E-state index contributed by atoms with van der Waals surface area (Å²) in [5.74, 6) is 0. The molecule has 0 saturated heterocycles. The van der Waals surface area contributed by atoms with Crippen molar-refractivity contribution in [2.75, 3.05) is 0 Å². The van der Waals surface area contributed by atoms with Crippen LogP contribution >= 0.6 is 12.2 Å². The molecule has 0 aliphatic heterocycles. The van der Waals surface area contributed by atoms with Crippen LogP contribution in [0, 0.1) is 0 Å². The number of hydrazone groups is 1. The van der Waals surface area contributed by atoms with E-state index in [0.717, 1.165) is 0 Å². The van der Waals surface area contributed by atoms with Gasteiger partial charge in [-0.25, -0.2) is 0 Å². The van der Waals surface area contributed by atoms with Crippen molar-refractivity contribution in [3.05, 3.63) is 0 Å². The number of nitrogens with one attached hydrogen (secondary N) is 1. The molecule has 0 bridgehead atoms. The molecule has 0 unspecified atom stereocenters. The zero-order valence-corrected chi connectivity index (χ0v) is 7.85. The molecule has 0 aromatic carbocycles. The molecule has 0 radical (unpaired) electrons. The van der Waals surface area contributed by atoms with Crippen molar-refractivity contribution in [3.8, 4) is 0 Å². The van der Waals surface area contributed by atoms with Crippen LogP contribution in [-0.4, -0.2) is 21.7 Å². The van der Waals surface area contributed by atoms with Crippen LogP contribution < -0.4 is 11.2 Å². The Kier molecular flexibility index (Phi) is 4.94. The summed E-state index contributed by atoms with van der Waals surface area (Å²) in [5, 5.41) is 15.3. The van der Waals surface area contributed by atoms with Gasteiger partial charge in [-0.3, -0.25) is 5.43 Å². The first kappa shape index (κ1) is 10.8. The molecule has 0 heterocycles. The van der Waals surface area contributed by atoms with Gasteiger partial charge in [-0.05, 0) is 25.6 Å². The second-order valence-electron chi connectivity index (χ2n) is 2.07. The molecule has 68 valence electrons. The maximum atomic E-state index is 8.42. The molecular formula is C6H12N4OS. The van der Waals surface area contributed by atoms with Crippen LogP contribution in [0.5, 0.6) is 0 Å². The third kappa shape index (κ3) is 3.87. The smallest absolute Gasteiger partial charge is 0.184 e. The Labute approximate surface area is 76.3 Å². The molecule has 6 heteroatoms. The van der Waals surface area contributed by atoms with Crippen LogP contribution in [0.1, 0.15) is 20.3 Å². The van der Waals surface area contributed by atoms with Gasteiger partial charge in [0.25, 0.3) is 0 Å². The van der Waals surface area contributed by atoms with E-state index in [1.807, 2.05) is 6.92 Å². The van der Waals surface area contributed by atoms with Crippen molar-refractivity contribution in [3.63, 3.8) is 0 Å². The lowest BCUT2D eigenvalue weighted by molar-refractivity contribution is 0.319. The van der Waals surface area contributed by atoms with Gasteiger partial charge >= 0.3 is 0 Å². The second-order valence-corrected chi connectivity index (χ2v) is 2.51. The van der Waals surface area contributed by atoms with E-state index in [4.69, 9.17) is 10.9 Å². The highest BCUT2D eigenvalue weighted by atomic mass is 32.1. The van der Waals surface area contributed by atoms with Crippen molar-refractivity contribution in [2.45, 2.75) is 20.3 Å². The number of rotatable bonds is 3. The number of oxime groups is 1. The van der Waals surface area contributed by atoms with Crippen LogP contribution in [0.25, 0.3) is 0 Å². The molecule has 4 N–H and O–H groups in total. The monoisotopic (exact) mass is 188 g/mol. The van der Waals surface area contributed by atoms with Gasteiger partial charge in [0.1, 0.15) is 0 Å². The molecule has 0 aromatic heterocycles. The Morgan fingerprint density at radius 2 is 2.25 bits per heavy atom. The third-order valence-electron chi connectivity index (χ3n) is 1.20. The summed E-state index contributed by atoms with van der Waals surface area (Å²) in [6.45, 7) is 3.53. The Balaban J connectivity index is 4.33. The minimum Gasteiger partial charge on any atom is -0.411 e. The normalized spacial score (nSPS) is 12.8. The van der Waals surface area contributed by atoms with E-state index in [1.54, 1.807) is 6.92 Å². The highest BCUT2D eigenvalue weighted by Crippen LogP contribution is 1.88. The molecule has 0 atom stereocenters. The van der Waals surface area contributed by atoms with Gasteiger partial charge in [-0.1, -0.05) is 12.1 Å². The van der Waals surface area contributed by atoms with E-state index < -0.39 is 0 Å². The van der Waals surface area contributed by atoms with Crippen LogP contribution in [-0.2, 0) is 0 Å². The van der Waals surface area contributed by atoms with E-state index in [-0.39, 0.29) is 5.11 Å². The number of hydrogen-bond acceptors (Lipinski definition) is 4. The molecule has 0 saturated carbocycles. The van der Waals surface area contributed by atoms with Crippen LogP contribution in [0.15, 0.2) is 10.3 Å². The highest BCUT2D eigenvalue weighted by molar-refractivity contribution is 7.80.